The van der Waals surface area contributed by atoms with Crippen LogP contribution >= 0.6 is 0 Å². The van der Waals surface area contributed by atoms with E-state index in [1.54, 1.807) is 0 Å². The molecule has 1 atom stereocenters. The van der Waals surface area contributed by atoms with E-state index >= 15 is 0 Å². The molecule has 2 heteroatoms. The van der Waals surface area contributed by atoms with Crippen molar-refractivity contribution in [2.75, 3.05) is 0 Å². The summed E-state index contributed by atoms with van der Waals surface area (Å²) >= 11 is 0. The minimum atomic E-state index is 0.266. The van der Waals surface area contributed by atoms with Gasteiger partial charge in [0.15, 0.2) is 0 Å². The number of carbonyl (C=O) groups excluding carboxylic acids is 1. The van der Waals surface area contributed by atoms with Crippen molar-refractivity contribution in [3.05, 3.63) is 0 Å². The Morgan fingerprint density at radius 2 is 1.91 bits per heavy atom. The van der Waals surface area contributed by atoms with E-state index in [9.17, 15) is 4.79 Å². The zero-order valence-electron chi connectivity index (χ0n) is 6.81. The Bertz CT molecular complexity index is 161. The summed E-state index contributed by atoms with van der Waals surface area (Å²) in [5.74, 6) is 1.07. The molecule has 0 radical (unpaired) electrons. The van der Waals surface area contributed by atoms with Gasteiger partial charge in [-0.25, -0.2) is 0 Å². The average Bonchev–Trinajstić information content (AvgIpc) is 2.55. The Kier molecular flexibility index (Phi) is 1.84. The number of rotatable bonds is 1. The molecule has 1 saturated carbocycles. The molecule has 0 bridgehead atoms. The highest BCUT2D eigenvalue weighted by Crippen LogP contribution is 2.31. The van der Waals surface area contributed by atoms with Crippen LogP contribution < -0.4 is 5.32 Å². The molecule has 11 heavy (non-hydrogen) atoms. The molecule has 0 spiro atoms. The third-order valence-corrected chi connectivity index (χ3v) is 3.00. The third-order valence-electron chi connectivity index (χ3n) is 3.00. The summed E-state index contributed by atoms with van der Waals surface area (Å²) in [6.07, 6.45) is 7.27. The van der Waals surface area contributed by atoms with E-state index in [4.69, 9.17) is 0 Å². The summed E-state index contributed by atoms with van der Waals surface area (Å²) in [5, 5.41) is 3.06. The molecule has 0 aromatic carbocycles. The quantitative estimate of drug-likeness (QED) is 0.607. The van der Waals surface area contributed by atoms with Crippen LogP contribution in [-0.2, 0) is 4.79 Å². The van der Waals surface area contributed by atoms with E-state index in [0.717, 1.165) is 18.8 Å². The second-order valence-electron chi connectivity index (χ2n) is 3.76. The molecule has 0 aromatic rings. The minimum Gasteiger partial charge on any atom is -0.353 e. The summed E-state index contributed by atoms with van der Waals surface area (Å²) < 4.78 is 0. The van der Waals surface area contributed by atoms with E-state index in [-0.39, 0.29) is 5.91 Å². The number of amides is 1. The first kappa shape index (κ1) is 7.14. The van der Waals surface area contributed by atoms with Crippen LogP contribution in [0.5, 0.6) is 0 Å². The Hall–Kier alpha value is -0.530. The van der Waals surface area contributed by atoms with Gasteiger partial charge in [0.2, 0.25) is 5.91 Å². The summed E-state index contributed by atoms with van der Waals surface area (Å²) in [4.78, 5) is 10.9. The van der Waals surface area contributed by atoms with E-state index in [1.807, 2.05) is 0 Å². The molecule has 1 amide bonds. The highest BCUT2D eigenvalue weighted by molar-refractivity contribution is 5.78. The molecular weight excluding hydrogens is 138 g/mol. The van der Waals surface area contributed by atoms with Crippen molar-refractivity contribution in [3.8, 4) is 0 Å². The first-order chi connectivity index (χ1) is 5.36. The molecule has 1 heterocycles. The van der Waals surface area contributed by atoms with Crippen LogP contribution in [0.25, 0.3) is 0 Å². The third kappa shape index (κ3) is 1.39. The normalized spacial score (nSPS) is 32.7. The molecule has 62 valence electrons. The van der Waals surface area contributed by atoms with Crippen molar-refractivity contribution in [2.24, 2.45) is 5.92 Å². The van der Waals surface area contributed by atoms with Crippen molar-refractivity contribution in [1.29, 1.82) is 0 Å². The molecule has 1 aliphatic carbocycles. The topological polar surface area (TPSA) is 29.1 Å². The predicted octanol–water partition coefficient (Wildman–Crippen LogP) is 1.46. The average molecular weight is 153 g/mol. The van der Waals surface area contributed by atoms with Gasteiger partial charge in [0.05, 0.1) is 0 Å². The summed E-state index contributed by atoms with van der Waals surface area (Å²) in [6.45, 7) is 0. The van der Waals surface area contributed by atoms with Gasteiger partial charge < -0.3 is 5.32 Å². The van der Waals surface area contributed by atoms with Gasteiger partial charge >= 0.3 is 0 Å². The van der Waals surface area contributed by atoms with E-state index in [0.29, 0.717) is 6.04 Å². The first-order valence-corrected chi connectivity index (χ1v) is 4.65. The fraction of sp³-hybridized carbons (Fsp3) is 0.889. The van der Waals surface area contributed by atoms with Crippen molar-refractivity contribution in [3.63, 3.8) is 0 Å². The second kappa shape index (κ2) is 2.84. The van der Waals surface area contributed by atoms with Crippen LogP contribution in [0.15, 0.2) is 0 Å². The molecule has 2 nitrogen and oxygen atoms in total. The van der Waals surface area contributed by atoms with Gasteiger partial charge in [-0.05, 0) is 25.2 Å². The Morgan fingerprint density at radius 1 is 1.18 bits per heavy atom. The van der Waals surface area contributed by atoms with Crippen molar-refractivity contribution >= 4 is 5.91 Å². The largest absolute Gasteiger partial charge is 0.353 e. The zero-order valence-corrected chi connectivity index (χ0v) is 6.81. The van der Waals surface area contributed by atoms with Crippen molar-refractivity contribution in [2.45, 2.75) is 44.6 Å². The fourth-order valence-electron chi connectivity index (χ4n) is 2.35. The van der Waals surface area contributed by atoms with Crippen LogP contribution in [0.3, 0.4) is 0 Å². The monoisotopic (exact) mass is 153 g/mol. The van der Waals surface area contributed by atoms with E-state index in [1.165, 1.54) is 25.7 Å². The molecule has 1 N–H and O–H groups in total. The summed E-state index contributed by atoms with van der Waals surface area (Å²) in [5.41, 5.74) is 0. The molecule has 0 unspecified atom stereocenters. The lowest BCUT2D eigenvalue weighted by molar-refractivity contribution is -0.119. The van der Waals surface area contributed by atoms with Gasteiger partial charge in [0.25, 0.3) is 0 Å². The lowest BCUT2D eigenvalue weighted by Gasteiger charge is -2.16. The number of carbonyl (C=O) groups is 1. The number of hydrogen-bond acceptors (Lipinski definition) is 1. The standard InChI is InChI=1S/C9H15NO/c11-9-6-5-8(10-9)7-3-1-2-4-7/h7-8H,1-6H2,(H,10,11)/t8-/m1/s1. The second-order valence-corrected chi connectivity index (χ2v) is 3.76. The van der Waals surface area contributed by atoms with Crippen LogP contribution in [0, 0.1) is 5.92 Å². The Balaban J connectivity index is 1.90. The number of hydrogen-bond donors (Lipinski definition) is 1. The molecule has 2 fully saturated rings. The van der Waals surface area contributed by atoms with Gasteiger partial charge in [-0.3, -0.25) is 4.79 Å². The van der Waals surface area contributed by atoms with Gasteiger partial charge in [-0.15, -0.1) is 0 Å². The zero-order chi connectivity index (χ0) is 7.68. The van der Waals surface area contributed by atoms with Crippen LogP contribution in [0.1, 0.15) is 38.5 Å². The summed E-state index contributed by atoms with van der Waals surface area (Å²) in [6, 6.07) is 0.532. The molecule has 0 aromatic heterocycles. The minimum absolute atomic E-state index is 0.266. The lowest BCUT2D eigenvalue weighted by atomic mass is 9.97. The Morgan fingerprint density at radius 3 is 2.45 bits per heavy atom. The smallest absolute Gasteiger partial charge is 0.220 e. The van der Waals surface area contributed by atoms with E-state index < -0.39 is 0 Å². The SMILES string of the molecule is O=C1CC[C@H](C2CCCC2)N1. The highest BCUT2D eigenvalue weighted by Gasteiger charge is 2.30. The maximum absolute atomic E-state index is 10.9. The maximum atomic E-state index is 10.9. The lowest BCUT2D eigenvalue weighted by Crippen LogP contribution is -2.31. The predicted molar refractivity (Wildman–Crippen MR) is 43.1 cm³/mol. The Labute approximate surface area is 67.4 Å². The van der Waals surface area contributed by atoms with Gasteiger partial charge in [-0.1, -0.05) is 12.8 Å². The molecule has 2 aliphatic rings. The van der Waals surface area contributed by atoms with Crippen LogP contribution in [0.2, 0.25) is 0 Å². The number of nitrogens with one attached hydrogen (secondary N) is 1. The van der Waals surface area contributed by atoms with Gasteiger partial charge in [0.1, 0.15) is 0 Å². The van der Waals surface area contributed by atoms with Crippen LogP contribution in [-0.4, -0.2) is 11.9 Å². The highest BCUT2D eigenvalue weighted by atomic mass is 16.1. The van der Waals surface area contributed by atoms with E-state index in [2.05, 4.69) is 5.32 Å². The summed E-state index contributed by atoms with van der Waals surface area (Å²) in [7, 11) is 0. The van der Waals surface area contributed by atoms with Crippen LogP contribution in [0.4, 0.5) is 0 Å². The first-order valence-electron chi connectivity index (χ1n) is 4.65. The fourth-order valence-corrected chi connectivity index (χ4v) is 2.35. The molecular formula is C9H15NO. The van der Waals surface area contributed by atoms with Gasteiger partial charge in [-0.2, -0.15) is 0 Å². The molecule has 1 saturated heterocycles. The van der Waals surface area contributed by atoms with Crippen molar-refractivity contribution in [1.82, 2.24) is 5.32 Å². The van der Waals surface area contributed by atoms with Crippen molar-refractivity contribution < 1.29 is 4.79 Å². The molecule has 1 aliphatic heterocycles. The molecule has 2 rings (SSSR count). The van der Waals surface area contributed by atoms with Gasteiger partial charge in [0, 0.05) is 12.5 Å². The maximum Gasteiger partial charge on any atom is 0.220 e.